The molecule has 3 rings (SSSR count). The first kappa shape index (κ1) is 18.7. The summed E-state index contributed by atoms with van der Waals surface area (Å²) in [5.41, 5.74) is 2.47. The summed E-state index contributed by atoms with van der Waals surface area (Å²) < 4.78 is 40.5. The van der Waals surface area contributed by atoms with Gasteiger partial charge in [-0.3, -0.25) is 4.72 Å². The molecule has 1 heterocycles. The highest BCUT2D eigenvalue weighted by atomic mass is 32.2. The molecular formula is C19H24FN3O2S. The van der Waals surface area contributed by atoms with Gasteiger partial charge in [0.1, 0.15) is 5.82 Å². The topological polar surface area (TPSA) is 61.4 Å². The first-order valence-electron chi connectivity index (χ1n) is 8.67. The van der Waals surface area contributed by atoms with Gasteiger partial charge >= 0.3 is 0 Å². The van der Waals surface area contributed by atoms with E-state index < -0.39 is 15.8 Å². The number of piperidine rings is 1. The van der Waals surface area contributed by atoms with Crippen molar-refractivity contribution >= 4 is 21.4 Å². The molecule has 140 valence electrons. The van der Waals surface area contributed by atoms with Crippen molar-refractivity contribution in [2.75, 3.05) is 30.2 Å². The number of aryl methyl sites for hydroxylation is 1. The number of sulfonamides is 1. The molecule has 1 aliphatic rings. The summed E-state index contributed by atoms with van der Waals surface area (Å²) in [6.07, 6.45) is 2.11. The van der Waals surface area contributed by atoms with E-state index in [1.807, 2.05) is 19.1 Å². The van der Waals surface area contributed by atoms with Gasteiger partial charge < -0.3 is 10.2 Å². The lowest BCUT2D eigenvalue weighted by Gasteiger charge is -2.30. The second-order valence-electron chi connectivity index (χ2n) is 6.81. The van der Waals surface area contributed by atoms with Gasteiger partial charge in [0.2, 0.25) is 0 Å². The van der Waals surface area contributed by atoms with Gasteiger partial charge in [-0.25, -0.2) is 12.8 Å². The number of likely N-dealkylation sites (tertiary alicyclic amines) is 1. The van der Waals surface area contributed by atoms with E-state index in [1.54, 1.807) is 6.07 Å². The van der Waals surface area contributed by atoms with E-state index in [4.69, 9.17) is 0 Å². The fourth-order valence-electron chi connectivity index (χ4n) is 3.04. The lowest BCUT2D eigenvalue weighted by molar-refractivity contribution is 0.264. The Morgan fingerprint density at radius 2 is 1.73 bits per heavy atom. The first-order chi connectivity index (χ1) is 12.3. The summed E-state index contributed by atoms with van der Waals surface area (Å²) in [7, 11) is -1.63. The fraction of sp³-hybridized carbons (Fsp3) is 0.368. The smallest absolute Gasteiger partial charge is 0.261 e. The predicted octanol–water partition coefficient (Wildman–Crippen LogP) is 3.44. The van der Waals surface area contributed by atoms with Gasteiger partial charge in [0.15, 0.2) is 0 Å². The normalized spacial score (nSPS) is 16.4. The van der Waals surface area contributed by atoms with Gasteiger partial charge in [-0.15, -0.1) is 0 Å². The Balaban J connectivity index is 1.75. The van der Waals surface area contributed by atoms with E-state index in [0.717, 1.165) is 49.3 Å². The highest BCUT2D eigenvalue weighted by Gasteiger charge is 2.18. The van der Waals surface area contributed by atoms with Crippen LogP contribution in [0.5, 0.6) is 0 Å². The third-order valence-electron chi connectivity index (χ3n) is 4.69. The van der Waals surface area contributed by atoms with Crippen LogP contribution in [0.4, 0.5) is 15.8 Å². The quantitative estimate of drug-likeness (QED) is 0.838. The molecule has 1 saturated heterocycles. The molecule has 1 fully saturated rings. The number of hydrogen-bond acceptors (Lipinski definition) is 4. The van der Waals surface area contributed by atoms with Crippen molar-refractivity contribution < 1.29 is 12.8 Å². The first-order valence-corrected chi connectivity index (χ1v) is 10.2. The molecule has 7 heteroatoms. The molecule has 2 N–H and O–H groups in total. The largest absolute Gasteiger partial charge is 0.382 e. The zero-order valence-corrected chi connectivity index (χ0v) is 15.8. The van der Waals surface area contributed by atoms with Crippen LogP contribution in [0.1, 0.15) is 18.4 Å². The summed E-state index contributed by atoms with van der Waals surface area (Å²) in [6, 6.07) is 10.6. The molecule has 0 bridgehead atoms. The van der Waals surface area contributed by atoms with Crippen LogP contribution in [-0.4, -0.2) is 39.5 Å². The molecule has 0 unspecified atom stereocenters. The highest BCUT2D eigenvalue weighted by molar-refractivity contribution is 7.92. The van der Waals surface area contributed by atoms with Crippen molar-refractivity contribution in [2.45, 2.75) is 30.7 Å². The molecule has 0 aromatic heterocycles. The molecule has 26 heavy (non-hydrogen) atoms. The molecule has 0 atom stereocenters. The highest BCUT2D eigenvalue weighted by Crippen LogP contribution is 2.25. The summed E-state index contributed by atoms with van der Waals surface area (Å²) in [4.78, 5) is 2.34. The SMILES string of the molecule is Cc1ccc(NS(=O)(=O)c2ccc(F)cc2)cc1NC1CCN(C)CC1. The molecule has 0 radical (unpaired) electrons. The van der Waals surface area contributed by atoms with Gasteiger partial charge in [0.05, 0.1) is 10.6 Å². The summed E-state index contributed by atoms with van der Waals surface area (Å²) in [6.45, 7) is 4.09. The molecule has 0 spiro atoms. The Hall–Kier alpha value is -2.12. The standard InChI is InChI=1S/C19H24FN3O2S/c1-14-3-6-17(13-19(14)21-16-9-11-23(2)12-10-16)22-26(24,25)18-7-4-15(20)5-8-18/h3-8,13,16,21-22H,9-12H2,1-2H3. The number of hydrogen-bond donors (Lipinski definition) is 2. The van der Waals surface area contributed by atoms with Crippen LogP contribution in [-0.2, 0) is 10.0 Å². The van der Waals surface area contributed by atoms with Crippen molar-refractivity contribution in [1.29, 1.82) is 0 Å². The molecule has 0 aliphatic carbocycles. The molecule has 2 aromatic carbocycles. The molecule has 1 aliphatic heterocycles. The Morgan fingerprint density at radius 1 is 1.08 bits per heavy atom. The van der Waals surface area contributed by atoms with Crippen LogP contribution in [0.25, 0.3) is 0 Å². The third kappa shape index (κ3) is 4.53. The van der Waals surface area contributed by atoms with E-state index >= 15 is 0 Å². The summed E-state index contributed by atoms with van der Waals surface area (Å²) >= 11 is 0. The predicted molar refractivity (Wildman–Crippen MR) is 103 cm³/mol. The van der Waals surface area contributed by atoms with E-state index in [0.29, 0.717) is 11.7 Å². The van der Waals surface area contributed by atoms with E-state index in [-0.39, 0.29) is 4.90 Å². The maximum absolute atomic E-state index is 13.0. The molecule has 5 nitrogen and oxygen atoms in total. The molecular weight excluding hydrogens is 353 g/mol. The van der Waals surface area contributed by atoms with Gasteiger partial charge in [0.25, 0.3) is 10.0 Å². The second-order valence-corrected chi connectivity index (χ2v) is 8.49. The van der Waals surface area contributed by atoms with Gasteiger partial charge in [0, 0.05) is 11.7 Å². The molecule has 2 aromatic rings. The molecule has 0 amide bonds. The minimum absolute atomic E-state index is 0.0318. The number of anilines is 2. The fourth-order valence-corrected chi connectivity index (χ4v) is 4.09. The van der Waals surface area contributed by atoms with E-state index in [9.17, 15) is 12.8 Å². The number of benzene rings is 2. The minimum Gasteiger partial charge on any atom is -0.382 e. The Kier molecular flexibility index (Phi) is 5.48. The van der Waals surface area contributed by atoms with Gasteiger partial charge in [-0.05, 0) is 81.9 Å². The van der Waals surface area contributed by atoms with Crippen LogP contribution < -0.4 is 10.0 Å². The second kappa shape index (κ2) is 7.63. The van der Waals surface area contributed by atoms with Gasteiger partial charge in [-0.1, -0.05) is 6.07 Å². The van der Waals surface area contributed by atoms with Crippen LogP contribution >= 0.6 is 0 Å². The molecule has 0 saturated carbocycles. The van der Waals surface area contributed by atoms with Crippen molar-refractivity contribution in [3.05, 3.63) is 53.8 Å². The van der Waals surface area contributed by atoms with E-state index in [1.165, 1.54) is 12.1 Å². The van der Waals surface area contributed by atoms with Gasteiger partial charge in [-0.2, -0.15) is 0 Å². The Bertz CT molecular complexity index is 861. The van der Waals surface area contributed by atoms with Crippen LogP contribution in [0, 0.1) is 12.7 Å². The maximum Gasteiger partial charge on any atom is 0.261 e. The average molecular weight is 377 g/mol. The monoisotopic (exact) mass is 377 g/mol. The summed E-state index contributed by atoms with van der Waals surface area (Å²) in [5.74, 6) is -0.469. The zero-order chi connectivity index (χ0) is 18.7. The van der Waals surface area contributed by atoms with Crippen LogP contribution in [0.3, 0.4) is 0 Å². The number of nitrogens with one attached hydrogen (secondary N) is 2. The average Bonchev–Trinajstić information content (AvgIpc) is 2.60. The lowest BCUT2D eigenvalue weighted by Crippen LogP contribution is -2.36. The minimum atomic E-state index is -3.75. The number of rotatable bonds is 5. The third-order valence-corrected chi connectivity index (χ3v) is 6.09. The lowest BCUT2D eigenvalue weighted by atomic mass is 10.0. The van der Waals surface area contributed by atoms with Crippen molar-refractivity contribution in [3.63, 3.8) is 0 Å². The van der Waals surface area contributed by atoms with Crippen molar-refractivity contribution in [1.82, 2.24) is 4.90 Å². The number of nitrogens with zero attached hydrogens (tertiary/aromatic N) is 1. The van der Waals surface area contributed by atoms with Crippen molar-refractivity contribution in [3.8, 4) is 0 Å². The maximum atomic E-state index is 13.0. The van der Waals surface area contributed by atoms with E-state index in [2.05, 4.69) is 22.0 Å². The Morgan fingerprint density at radius 3 is 2.38 bits per heavy atom. The Labute approximate surface area is 154 Å². The van der Waals surface area contributed by atoms with Crippen LogP contribution in [0.2, 0.25) is 0 Å². The van der Waals surface area contributed by atoms with Crippen molar-refractivity contribution in [2.24, 2.45) is 0 Å². The zero-order valence-electron chi connectivity index (χ0n) is 15.0. The van der Waals surface area contributed by atoms with Crippen LogP contribution in [0.15, 0.2) is 47.4 Å². The summed E-state index contributed by atoms with van der Waals surface area (Å²) in [5, 5.41) is 3.53. The number of halogens is 1.